The van der Waals surface area contributed by atoms with Gasteiger partial charge < -0.3 is 19.6 Å². The largest absolute Gasteiger partial charge is 0.493 e. The number of H-pyrrole nitrogens is 1. The zero-order chi connectivity index (χ0) is 20.3. The summed E-state index contributed by atoms with van der Waals surface area (Å²) in [6.07, 6.45) is 0.265. The summed E-state index contributed by atoms with van der Waals surface area (Å²) in [5.41, 5.74) is -0.258. The molecule has 1 atom stereocenters. The summed E-state index contributed by atoms with van der Waals surface area (Å²) in [5, 5.41) is 13.2. The highest BCUT2D eigenvalue weighted by Gasteiger charge is 2.15. The van der Waals surface area contributed by atoms with Gasteiger partial charge in [0.2, 0.25) is 0 Å². The number of carboxylic acid groups (broad SMARTS) is 1. The van der Waals surface area contributed by atoms with Crippen LogP contribution in [0.5, 0.6) is 11.5 Å². The fraction of sp³-hybridized carbons (Fsp3) is 0.158. The van der Waals surface area contributed by atoms with Crippen molar-refractivity contribution in [3.63, 3.8) is 0 Å². The van der Waals surface area contributed by atoms with Gasteiger partial charge in [-0.2, -0.15) is 5.10 Å². The lowest BCUT2D eigenvalue weighted by atomic mass is 10.2. The van der Waals surface area contributed by atoms with E-state index in [9.17, 15) is 14.4 Å². The lowest BCUT2D eigenvalue weighted by Gasteiger charge is -2.14. The van der Waals surface area contributed by atoms with E-state index < -0.39 is 23.3 Å². The second kappa shape index (κ2) is 7.78. The number of ether oxygens (including phenoxy) is 2. The van der Waals surface area contributed by atoms with Crippen LogP contribution in [0.3, 0.4) is 0 Å². The summed E-state index contributed by atoms with van der Waals surface area (Å²) in [6, 6.07) is 11.3. The van der Waals surface area contributed by atoms with Crippen molar-refractivity contribution < 1.29 is 19.4 Å². The maximum Gasteiger partial charge on any atom is 0.349 e. The van der Waals surface area contributed by atoms with Crippen LogP contribution in [-0.2, 0) is 4.79 Å². The van der Waals surface area contributed by atoms with Crippen LogP contribution in [0.1, 0.15) is 12.5 Å². The van der Waals surface area contributed by atoms with Gasteiger partial charge in [0, 0.05) is 0 Å². The Labute approximate surface area is 158 Å². The minimum Gasteiger partial charge on any atom is -0.493 e. The molecule has 3 rings (SSSR count). The lowest BCUT2D eigenvalue weighted by molar-refractivity contribution is -0.144. The van der Waals surface area contributed by atoms with E-state index in [1.807, 2.05) is 0 Å². The highest BCUT2D eigenvalue weighted by molar-refractivity contribution is 5.81. The van der Waals surface area contributed by atoms with Crippen molar-refractivity contribution in [3.8, 4) is 11.5 Å². The number of aliphatic carboxylic acids is 1. The minimum absolute atomic E-state index is 0.246. The number of aromatic nitrogens is 2. The molecule has 1 aromatic heterocycles. The molecule has 3 aromatic rings. The van der Waals surface area contributed by atoms with Gasteiger partial charge >= 0.3 is 11.7 Å². The third kappa shape index (κ3) is 3.78. The molecular weight excluding hydrogens is 366 g/mol. The second-order valence-electron chi connectivity index (χ2n) is 5.85. The summed E-state index contributed by atoms with van der Waals surface area (Å²) in [6.45, 7) is 1.40. The molecule has 9 nitrogen and oxygen atoms in total. The van der Waals surface area contributed by atoms with E-state index >= 15 is 0 Å². The van der Waals surface area contributed by atoms with E-state index in [4.69, 9.17) is 14.6 Å². The highest BCUT2D eigenvalue weighted by atomic mass is 16.5. The number of nitrogens with zero attached hydrogens (tertiary/aromatic N) is 2. The Hall–Kier alpha value is -3.88. The average molecular weight is 383 g/mol. The Morgan fingerprint density at radius 2 is 1.96 bits per heavy atom. The topological polar surface area (TPSA) is 123 Å². The summed E-state index contributed by atoms with van der Waals surface area (Å²) in [7, 11) is 1.41. The standard InChI is InChI=1S/C19H17N3O6/c1-11(18(24)25)28-15-8-7-12(9-16(15)27-2)10-20-22-17(23)13-5-3-4-6-14(13)21-19(22)26/h3-11H,1-2H3,(H,21,26)(H,24,25)/t11-/m0/s1. The quantitative estimate of drug-likeness (QED) is 0.621. The number of para-hydroxylation sites is 1. The van der Waals surface area contributed by atoms with Crippen LogP contribution in [0.4, 0.5) is 0 Å². The number of hydrogen-bond donors (Lipinski definition) is 2. The van der Waals surface area contributed by atoms with Crippen molar-refractivity contribution >= 4 is 23.1 Å². The molecule has 0 amide bonds. The first kappa shape index (κ1) is 18.9. The Balaban J connectivity index is 1.95. The van der Waals surface area contributed by atoms with Gasteiger partial charge in [-0.3, -0.25) is 4.79 Å². The van der Waals surface area contributed by atoms with E-state index in [0.29, 0.717) is 16.5 Å². The van der Waals surface area contributed by atoms with E-state index in [0.717, 1.165) is 4.68 Å². The molecule has 0 radical (unpaired) electrons. The van der Waals surface area contributed by atoms with Crippen LogP contribution >= 0.6 is 0 Å². The molecule has 28 heavy (non-hydrogen) atoms. The number of methoxy groups -OCH3 is 1. The Morgan fingerprint density at radius 3 is 2.68 bits per heavy atom. The van der Waals surface area contributed by atoms with Gasteiger partial charge in [0.1, 0.15) is 0 Å². The number of hydrogen-bond acceptors (Lipinski definition) is 6. The van der Waals surface area contributed by atoms with Crippen molar-refractivity contribution in [1.82, 2.24) is 9.66 Å². The van der Waals surface area contributed by atoms with E-state index in [2.05, 4.69) is 10.1 Å². The number of aromatic amines is 1. The SMILES string of the molecule is COc1cc(C=Nn2c(=O)[nH]c3ccccc3c2=O)ccc1O[C@@H](C)C(=O)O. The molecule has 0 aliphatic rings. The molecule has 1 heterocycles. The third-order valence-electron chi connectivity index (χ3n) is 3.95. The van der Waals surface area contributed by atoms with Gasteiger partial charge in [0.15, 0.2) is 17.6 Å². The molecule has 2 aromatic carbocycles. The molecule has 9 heteroatoms. The second-order valence-corrected chi connectivity index (χ2v) is 5.85. The molecule has 0 aliphatic heterocycles. The van der Waals surface area contributed by atoms with E-state index in [-0.39, 0.29) is 11.5 Å². The molecule has 0 saturated carbocycles. The molecule has 144 valence electrons. The van der Waals surface area contributed by atoms with Crippen LogP contribution in [0.25, 0.3) is 10.9 Å². The van der Waals surface area contributed by atoms with Crippen LogP contribution in [-0.4, -0.2) is 40.2 Å². The molecule has 0 saturated heterocycles. The third-order valence-corrected chi connectivity index (χ3v) is 3.95. The fourth-order valence-corrected chi connectivity index (χ4v) is 2.49. The summed E-state index contributed by atoms with van der Waals surface area (Å²) in [4.78, 5) is 38.1. The van der Waals surface area contributed by atoms with Gasteiger partial charge in [-0.1, -0.05) is 12.1 Å². The molecule has 0 unspecified atom stereocenters. The number of benzene rings is 2. The first-order chi connectivity index (χ1) is 13.4. The van der Waals surface area contributed by atoms with E-state index in [1.165, 1.54) is 26.3 Å². The lowest BCUT2D eigenvalue weighted by Crippen LogP contribution is -2.32. The van der Waals surface area contributed by atoms with Crippen molar-refractivity contribution in [2.24, 2.45) is 5.10 Å². The molecule has 0 fully saturated rings. The normalized spacial score (nSPS) is 12.2. The monoisotopic (exact) mass is 383 g/mol. The predicted molar refractivity (Wildman–Crippen MR) is 103 cm³/mol. The number of fused-ring (bicyclic) bond motifs is 1. The number of nitrogens with one attached hydrogen (secondary N) is 1. The molecule has 0 aliphatic carbocycles. The smallest absolute Gasteiger partial charge is 0.349 e. The molecular formula is C19H17N3O6. The maximum atomic E-state index is 12.5. The first-order valence-corrected chi connectivity index (χ1v) is 8.26. The highest BCUT2D eigenvalue weighted by Crippen LogP contribution is 2.28. The van der Waals surface area contributed by atoms with Gasteiger partial charge in [0.25, 0.3) is 5.56 Å². The summed E-state index contributed by atoms with van der Waals surface area (Å²) >= 11 is 0. The molecule has 2 N–H and O–H groups in total. The van der Waals surface area contributed by atoms with Gasteiger partial charge in [-0.25, -0.2) is 9.59 Å². The van der Waals surface area contributed by atoms with Gasteiger partial charge in [0.05, 0.1) is 24.2 Å². The Bertz CT molecular complexity index is 1180. The first-order valence-electron chi connectivity index (χ1n) is 8.26. The minimum atomic E-state index is -1.11. The summed E-state index contributed by atoms with van der Waals surface area (Å²) < 4.78 is 11.3. The van der Waals surface area contributed by atoms with Crippen molar-refractivity contribution in [2.45, 2.75) is 13.0 Å². The summed E-state index contributed by atoms with van der Waals surface area (Å²) in [5.74, 6) is -0.574. The average Bonchev–Trinajstić information content (AvgIpc) is 2.68. The zero-order valence-corrected chi connectivity index (χ0v) is 15.1. The van der Waals surface area contributed by atoms with Gasteiger partial charge in [-0.15, -0.1) is 4.68 Å². The van der Waals surface area contributed by atoms with Gasteiger partial charge in [-0.05, 0) is 42.8 Å². The van der Waals surface area contributed by atoms with Crippen LogP contribution in [0.2, 0.25) is 0 Å². The van der Waals surface area contributed by atoms with Crippen molar-refractivity contribution in [3.05, 3.63) is 68.9 Å². The molecule has 0 spiro atoms. The fourth-order valence-electron chi connectivity index (χ4n) is 2.49. The maximum absolute atomic E-state index is 12.5. The zero-order valence-electron chi connectivity index (χ0n) is 15.1. The van der Waals surface area contributed by atoms with E-state index in [1.54, 1.807) is 36.4 Å². The van der Waals surface area contributed by atoms with Crippen molar-refractivity contribution in [2.75, 3.05) is 7.11 Å². The van der Waals surface area contributed by atoms with Crippen LogP contribution in [0, 0.1) is 0 Å². The number of carboxylic acids is 1. The van der Waals surface area contributed by atoms with Crippen molar-refractivity contribution in [1.29, 1.82) is 0 Å². The number of carbonyl (C=O) groups is 1. The molecule has 0 bridgehead atoms. The van der Waals surface area contributed by atoms with Crippen LogP contribution in [0.15, 0.2) is 57.2 Å². The Kier molecular flexibility index (Phi) is 5.25. The van der Waals surface area contributed by atoms with Crippen LogP contribution < -0.4 is 20.7 Å². The number of rotatable bonds is 6. The predicted octanol–water partition coefficient (Wildman–Crippen LogP) is 1.43. The Morgan fingerprint density at radius 1 is 1.21 bits per heavy atom.